The third-order valence-corrected chi connectivity index (χ3v) is 4.16. The van der Waals surface area contributed by atoms with Crippen molar-refractivity contribution < 1.29 is 14.4 Å². The van der Waals surface area contributed by atoms with E-state index < -0.39 is 17.5 Å². The maximum Gasteiger partial charge on any atom is 0.298 e. The average Bonchev–Trinajstić information content (AvgIpc) is 2.89. The Kier molecular flexibility index (Phi) is 3.79. The molecule has 5 heteroatoms. The van der Waals surface area contributed by atoms with Crippen molar-refractivity contribution in [2.75, 3.05) is 13.1 Å². The summed E-state index contributed by atoms with van der Waals surface area (Å²) in [5, 5.41) is 0.685. The molecule has 5 nitrogen and oxygen atoms in total. The Labute approximate surface area is 128 Å². The van der Waals surface area contributed by atoms with Crippen LogP contribution >= 0.6 is 0 Å². The minimum Gasteiger partial charge on any atom is -0.358 e. The van der Waals surface area contributed by atoms with Crippen LogP contribution in [0.5, 0.6) is 0 Å². The van der Waals surface area contributed by atoms with Crippen molar-refractivity contribution in [3.63, 3.8) is 0 Å². The van der Waals surface area contributed by atoms with Gasteiger partial charge in [-0.3, -0.25) is 14.4 Å². The van der Waals surface area contributed by atoms with Crippen LogP contribution in [0.25, 0.3) is 10.9 Å². The number of rotatable bonds is 3. The Balaban J connectivity index is 1.90. The number of H-pyrrole nitrogens is 1. The summed E-state index contributed by atoms with van der Waals surface area (Å²) in [5.41, 5.74) is 1.72. The van der Waals surface area contributed by atoms with Gasteiger partial charge >= 0.3 is 0 Å². The van der Waals surface area contributed by atoms with Gasteiger partial charge in [0, 0.05) is 29.7 Å². The number of amides is 1. The smallest absolute Gasteiger partial charge is 0.298 e. The molecule has 2 aromatic rings. The maximum atomic E-state index is 12.5. The molecule has 0 radical (unpaired) electrons. The van der Waals surface area contributed by atoms with Crippen molar-refractivity contribution in [3.05, 3.63) is 35.5 Å². The number of piperidine rings is 1. The lowest BCUT2D eigenvalue weighted by atomic mass is 10.0. The van der Waals surface area contributed by atoms with E-state index in [1.807, 2.05) is 18.2 Å². The first-order valence-corrected chi connectivity index (χ1v) is 7.55. The lowest BCUT2D eigenvalue weighted by Crippen LogP contribution is -2.42. The predicted octanol–water partition coefficient (Wildman–Crippen LogP) is 2.24. The number of aromatic amines is 1. The number of likely N-dealkylation sites (tertiary alicyclic amines) is 1. The second-order valence-electron chi connectivity index (χ2n) is 5.68. The van der Waals surface area contributed by atoms with Gasteiger partial charge in [0.15, 0.2) is 0 Å². The summed E-state index contributed by atoms with van der Waals surface area (Å²) in [7, 11) is 0. The maximum absolute atomic E-state index is 12.5. The highest BCUT2D eigenvalue weighted by molar-refractivity contribution is 6.67. The van der Waals surface area contributed by atoms with Crippen LogP contribution in [0.1, 0.15) is 35.3 Å². The van der Waals surface area contributed by atoms with E-state index in [0.29, 0.717) is 29.7 Å². The van der Waals surface area contributed by atoms with E-state index >= 15 is 0 Å². The van der Waals surface area contributed by atoms with Crippen LogP contribution in [0, 0.1) is 6.92 Å². The Morgan fingerprint density at radius 3 is 2.45 bits per heavy atom. The van der Waals surface area contributed by atoms with Gasteiger partial charge in [-0.25, -0.2) is 0 Å². The number of carbonyl (C=O) groups excluding carboxylic acids is 3. The van der Waals surface area contributed by atoms with Crippen LogP contribution < -0.4 is 0 Å². The molecule has 1 N–H and O–H groups in total. The average molecular weight is 298 g/mol. The summed E-state index contributed by atoms with van der Waals surface area (Å²) in [6, 6.07) is 7.29. The van der Waals surface area contributed by atoms with Gasteiger partial charge in [0.25, 0.3) is 11.7 Å². The number of aromatic nitrogens is 1. The van der Waals surface area contributed by atoms with E-state index in [4.69, 9.17) is 0 Å². The Morgan fingerprint density at radius 2 is 1.73 bits per heavy atom. The van der Waals surface area contributed by atoms with Crippen LogP contribution in [0.15, 0.2) is 24.3 Å². The molecule has 114 valence electrons. The van der Waals surface area contributed by atoms with Crippen molar-refractivity contribution in [1.82, 2.24) is 9.88 Å². The summed E-state index contributed by atoms with van der Waals surface area (Å²) in [4.78, 5) is 41.6. The van der Waals surface area contributed by atoms with Crippen molar-refractivity contribution in [2.24, 2.45) is 0 Å². The number of aryl methyl sites for hydroxylation is 1. The summed E-state index contributed by atoms with van der Waals surface area (Å²) in [6.45, 7) is 2.86. The van der Waals surface area contributed by atoms with E-state index in [9.17, 15) is 14.4 Å². The number of hydrogen-bond acceptors (Lipinski definition) is 3. The highest BCUT2D eigenvalue weighted by Gasteiger charge is 2.31. The van der Waals surface area contributed by atoms with Crippen molar-refractivity contribution in [3.8, 4) is 0 Å². The minimum atomic E-state index is -0.935. The number of hydrogen-bond donors (Lipinski definition) is 1. The molecular formula is C17H18N2O3. The van der Waals surface area contributed by atoms with E-state index in [-0.39, 0.29) is 0 Å². The number of carbonyl (C=O) groups is 3. The van der Waals surface area contributed by atoms with Crippen LogP contribution in [-0.2, 0) is 9.59 Å². The number of ketones is 2. The summed E-state index contributed by atoms with van der Waals surface area (Å²) >= 11 is 0. The lowest BCUT2D eigenvalue weighted by molar-refractivity contribution is -0.142. The normalized spacial score (nSPS) is 15.0. The first kappa shape index (κ1) is 14.5. The Morgan fingerprint density at radius 1 is 1.05 bits per heavy atom. The zero-order chi connectivity index (χ0) is 15.7. The molecule has 1 fully saturated rings. The number of benzene rings is 1. The molecule has 1 aliphatic rings. The van der Waals surface area contributed by atoms with Gasteiger partial charge in [0.2, 0.25) is 5.78 Å². The fraction of sp³-hybridized carbons (Fsp3) is 0.353. The highest BCUT2D eigenvalue weighted by atomic mass is 16.2. The number of para-hydroxylation sites is 1. The number of nitrogens with one attached hydrogen (secondary N) is 1. The summed E-state index contributed by atoms with van der Waals surface area (Å²) in [5.74, 6) is -2.32. The molecule has 0 aliphatic carbocycles. The van der Waals surface area contributed by atoms with Gasteiger partial charge in [0.1, 0.15) is 0 Å². The second-order valence-corrected chi connectivity index (χ2v) is 5.68. The SMILES string of the molecule is Cc1[nH]c2ccccc2c1C(=O)C(=O)C(=O)N1CCCCC1. The van der Waals surface area contributed by atoms with Crippen LogP contribution in [0.2, 0.25) is 0 Å². The van der Waals surface area contributed by atoms with E-state index in [1.54, 1.807) is 13.0 Å². The van der Waals surface area contributed by atoms with Gasteiger partial charge in [-0.15, -0.1) is 0 Å². The third kappa shape index (κ3) is 2.43. The Hall–Kier alpha value is -2.43. The molecule has 1 saturated heterocycles. The third-order valence-electron chi connectivity index (χ3n) is 4.16. The Bertz CT molecular complexity index is 754. The van der Waals surface area contributed by atoms with E-state index in [2.05, 4.69) is 4.98 Å². The second kappa shape index (κ2) is 5.75. The van der Waals surface area contributed by atoms with Gasteiger partial charge < -0.3 is 9.88 Å². The highest BCUT2D eigenvalue weighted by Crippen LogP contribution is 2.23. The molecule has 1 aromatic carbocycles. The zero-order valence-corrected chi connectivity index (χ0v) is 12.5. The van der Waals surface area contributed by atoms with Gasteiger partial charge in [0.05, 0.1) is 5.56 Å². The van der Waals surface area contributed by atoms with E-state index in [1.165, 1.54) is 4.90 Å². The monoisotopic (exact) mass is 298 g/mol. The molecule has 2 heterocycles. The largest absolute Gasteiger partial charge is 0.358 e. The molecule has 0 saturated carbocycles. The molecule has 0 spiro atoms. The van der Waals surface area contributed by atoms with Gasteiger partial charge in [-0.2, -0.15) is 0 Å². The number of fused-ring (bicyclic) bond motifs is 1. The van der Waals surface area contributed by atoms with Crippen LogP contribution in [0.3, 0.4) is 0 Å². The standard InChI is InChI=1S/C17H18N2O3/c1-11-14(12-7-3-4-8-13(12)18-11)15(20)16(21)17(22)19-9-5-2-6-10-19/h3-4,7-8,18H,2,5-6,9-10H2,1H3. The molecule has 22 heavy (non-hydrogen) atoms. The quantitative estimate of drug-likeness (QED) is 0.536. The summed E-state index contributed by atoms with van der Waals surface area (Å²) in [6.07, 6.45) is 2.84. The van der Waals surface area contributed by atoms with Crippen molar-refractivity contribution in [2.45, 2.75) is 26.2 Å². The summed E-state index contributed by atoms with van der Waals surface area (Å²) < 4.78 is 0. The molecule has 1 aromatic heterocycles. The number of nitrogens with zero attached hydrogens (tertiary/aromatic N) is 1. The van der Waals surface area contributed by atoms with Crippen LogP contribution in [-0.4, -0.2) is 40.4 Å². The first-order valence-electron chi connectivity index (χ1n) is 7.55. The van der Waals surface area contributed by atoms with Gasteiger partial charge in [-0.1, -0.05) is 18.2 Å². The molecule has 1 amide bonds. The fourth-order valence-corrected chi connectivity index (χ4v) is 3.02. The van der Waals surface area contributed by atoms with E-state index in [0.717, 1.165) is 24.8 Å². The molecule has 0 atom stereocenters. The minimum absolute atomic E-state index is 0.311. The lowest BCUT2D eigenvalue weighted by Gasteiger charge is -2.25. The fourth-order valence-electron chi connectivity index (χ4n) is 3.02. The molecule has 0 unspecified atom stereocenters. The molecule has 0 bridgehead atoms. The van der Waals surface area contributed by atoms with Crippen molar-refractivity contribution >= 4 is 28.4 Å². The van der Waals surface area contributed by atoms with Crippen molar-refractivity contribution in [1.29, 1.82) is 0 Å². The zero-order valence-electron chi connectivity index (χ0n) is 12.5. The molecular weight excluding hydrogens is 280 g/mol. The first-order chi connectivity index (χ1) is 10.6. The predicted molar refractivity (Wildman–Crippen MR) is 82.8 cm³/mol. The van der Waals surface area contributed by atoms with Gasteiger partial charge in [-0.05, 0) is 32.3 Å². The number of Topliss-reactive ketones (excluding diaryl/α,β-unsaturated/α-hetero) is 2. The van der Waals surface area contributed by atoms with Crippen LogP contribution in [0.4, 0.5) is 0 Å². The molecule has 1 aliphatic heterocycles. The molecule has 3 rings (SSSR count). The topological polar surface area (TPSA) is 70.2 Å².